The van der Waals surface area contributed by atoms with Gasteiger partial charge in [-0.2, -0.15) is 5.09 Å². The average molecular weight is 301 g/mol. The maximum absolute atomic E-state index is 11.8. The Balaban J connectivity index is 4.48. The maximum Gasteiger partial charge on any atom is 0.407 e. The number of halogens is 3. The van der Waals surface area contributed by atoms with Crippen LogP contribution in [0.15, 0.2) is 0 Å². The zero-order valence-electron chi connectivity index (χ0n) is 8.24. The van der Waals surface area contributed by atoms with Crippen molar-refractivity contribution in [1.29, 1.82) is 0 Å². The number of rotatable bonds is 6. The second-order valence-electron chi connectivity index (χ2n) is 2.41. The second kappa shape index (κ2) is 6.62. The van der Waals surface area contributed by atoms with E-state index in [0.717, 1.165) is 0 Å². The highest BCUT2D eigenvalue weighted by molar-refractivity contribution is 7.51. The lowest BCUT2D eigenvalue weighted by Gasteiger charge is -2.25. The van der Waals surface area contributed by atoms with Crippen molar-refractivity contribution in [2.24, 2.45) is 0 Å². The first kappa shape index (κ1) is 15.9. The Morgan fingerprint density at radius 1 is 1.33 bits per heavy atom. The van der Waals surface area contributed by atoms with Gasteiger partial charge < -0.3 is 5.11 Å². The number of hydrogen-bond acceptors (Lipinski definition) is 4. The van der Waals surface area contributed by atoms with E-state index in [1.165, 1.54) is 0 Å². The van der Waals surface area contributed by atoms with Crippen molar-refractivity contribution in [2.45, 2.75) is 23.9 Å². The molecule has 0 fully saturated rings. The van der Waals surface area contributed by atoms with Crippen molar-refractivity contribution in [3.05, 3.63) is 0 Å². The van der Waals surface area contributed by atoms with Crippen molar-refractivity contribution in [1.82, 2.24) is 5.09 Å². The lowest BCUT2D eigenvalue weighted by atomic mass is 10.7. The summed E-state index contributed by atoms with van der Waals surface area (Å²) in [7, 11) is -3.63. The molecule has 0 aromatic carbocycles. The molecular formula is C6H13Cl3NO4P. The van der Waals surface area contributed by atoms with Gasteiger partial charge in [-0.3, -0.25) is 9.05 Å². The lowest BCUT2D eigenvalue weighted by molar-refractivity contribution is 0.135. The van der Waals surface area contributed by atoms with E-state index < -0.39 is 17.8 Å². The van der Waals surface area contributed by atoms with Gasteiger partial charge in [0.2, 0.25) is 3.79 Å². The topological polar surface area (TPSA) is 67.8 Å². The Labute approximate surface area is 104 Å². The van der Waals surface area contributed by atoms with Crippen LogP contribution in [0.5, 0.6) is 0 Å². The number of hydrogen-bond donors (Lipinski definition) is 2. The second-order valence-corrected chi connectivity index (χ2v) is 6.54. The summed E-state index contributed by atoms with van der Waals surface area (Å²) in [5, 5.41) is 11.4. The molecule has 0 bridgehead atoms. The molecule has 1 unspecified atom stereocenters. The van der Waals surface area contributed by atoms with E-state index in [2.05, 4.69) is 5.09 Å². The third-order valence-electron chi connectivity index (χ3n) is 1.19. The summed E-state index contributed by atoms with van der Waals surface area (Å²) in [4.78, 5) is 0. The van der Waals surface area contributed by atoms with E-state index in [-0.39, 0.29) is 13.2 Å². The Morgan fingerprint density at radius 2 is 1.73 bits per heavy atom. The van der Waals surface area contributed by atoms with Gasteiger partial charge in [0.1, 0.15) is 0 Å². The van der Waals surface area contributed by atoms with Crippen LogP contribution in [-0.2, 0) is 13.6 Å². The van der Waals surface area contributed by atoms with Gasteiger partial charge in [-0.15, -0.1) is 0 Å². The van der Waals surface area contributed by atoms with E-state index in [0.29, 0.717) is 0 Å². The molecule has 0 aliphatic heterocycles. The van der Waals surface area contributed by atoms with Crippen LogP contribution in [0.3, 0.4) is 0 Å². The molecule has 0 aliphatic rings. The number of nitrogens with one attached hydrogen (secondary N) is 1. The van der Waals surface area contributed by atoms with Crippen molar-refractivity contribution in [2.75, 3.05) is 13.2 Å². The zero-order valence-corrected chi connectivity index (χ0v) is 11.4. The lowest BCUT2D eigenvalue weighted by Crippen LogP contribution is -2.38. The standard InChI is InChI=1S/C6H13Cl3NO4P/c1-3-13-15(12,14-4-2)10-5(11)6(7,8)9/h5,11H,3-4H2,1-2H3,(H,10,12). The van der Waals surface area contributed by atoms with Crippen LogP contribution in [0.25, 0.3) is 0 Å². The minimum absolute atomic E-state index is 0.136. The average Bonchev–Trinajstić information content (AvgIpc) is 2.02. The molecule has 0 aromatic rings. The van der Waals surface area contributed by atoms with Gasteiger partial charge in [-0.25, -0.2) is 4.57 Å². The molecule has 0 rings (SSSR count). The van der Waals surface area contributed by atoms with Crippen LogP contribution in [-0.4, -0.2) is 28.3 Å². The normalized spacial score (nSPS) is 15.3. The summed E-state index contributed by atoms with van der Waals surface area (Å²) in [5.41, 5.74) is 0. The highest BCUT2D eigenvalue weighted by Gasteiger charge is 2.37. The molecule has 2 N–H and O–H groups in total. The van der Waals surface area contributed by atoms with Gasteiger partial charge in [0, 0.05) is 0 Å². The fourth-order valence-electron chi connectivity index (χ4n) is 0.675. The maximum atomic E-state index is 11.8. The van der Waals surface area contributed by atoms with E-state index in [9.17, 15) is 9.67 Å². The van der Waals surface area contributed by atoms with E-state index in [1.807, 2.05) is 0 Å². The van der Waals surface area contributed by atoms with Gasteiger partial charge in [-0.1, -0.05) is 34.8 Å². The minimum atomic E-state index is -3.63. The summed E-state index contributed by atoms with van der Waals surface area (Å²) < 4.78 is 19.4. The molecule has 0 saturated carbocycles. The van der Waals surface area contributed by atoms with E-state index in [4.69, 9.17) is 43.9 Å². The van der Waals surface area contributed by atoms with Crippen LogP contribution >= 0.6 is 42.5 Å². The van der Waals surface area contributed by atoms with Crippen LogP contribution in [0.2, 0.25) is 0 Å². The van der Waals surface area contributed by atoms with E-state index in [1.54, 1.807) is 13.8 Å². The molecule has 92 valence electrons. The number of aliphatic hydroxyl groups is 1. The Kier molecular flexibility index (Phi) is 7.04. The molecule has 0 aliphatic carbocycles. The molecule has 0 aromatic heterocycles. The van der Waals surface area contributed by atoms with Crippen molar-refractivity contribution in [3.63, 3.8) is 0 Å². The van der Waals surface area contributed by atoms with Crippen LogP contribution < -0.4 is 5.09 Å². The Morgan fingerprint density at radius 3 is 2.00 bits per heavy atom. The smallest absolute Gasteiger partial charge is 0.374 e. The Hall–Kier alpha value is 0.940. The fraction of sp³-hybridized carbons (Fsp3) is 1.00. The highest BCUT2D eigenvalue weighted by atomic mass is 35.6. The predicted octanol–water partition coefficient (Wildman–Crippen LogP) is 2.45. The van der Waals surface area contributed by atoms with Crippen LogP contribution in [0.1, 0.15) is 13.8 Å². The predicted molar refractivity (Wildman–Crippen MR) is 60.3 cm³/mol. The van der Waals surface area contributed by atoms with Crippen LogP contribution in [0.4, 0.5) is 0 Å². The molecular weight excluding hydrogens is 287 g/mol. The number of aliphatic hydroxyl groups excluding tert-OH is 1. The van der Waals surface area contributed by atoms with Gasteiger partial charge in [0.25, 0.3) is 0 Å². The summed E-state index contributed by atoms with van der Waals surface area (Å²) in [6.07, 6.45) is -1.65. The van der Waals surface area contributed by atoms with Crippen LogP contribution in [0, 0.1) is 0 Å². The molecule has 0 amide bonds. The van der Waals surface area contributed by atoms with Gasteiger partial charge in [0.15, 0.2) is 6.23 Å². The van der Waals surface area contributed by atoms with Gasteiger partial charge in [0.05, 0.1) is 13.2 Å². The molecule has 0 saturated heterocycles. The summed E-state index contributed by atoms with van der Waals surface area (Å²) >= 11 is 16.1. The molecule has 0 spiro atoms. The molecule has 9 heteroatoms. The van der Waals surface area contributed by atoms with Crippen molar-refractivity contribution >= 4 is 42.5 Å². The first-order valence-corrected chi connectivity index (χ1v) is 6.84. The molecule has 5 nitrogen and oxygen atoms in total. The Bertz CT molecular complexity index is 225. The minimum Gasteiger partial charge on any atom is -0.374 e. The number of alkyl halides is 3. The third-order valence-corrected chi connectivity index (χ3v) is 3.57. The third kappa shape index (κ3) is 6.29. The van der Waals surface area contributed by atoms with Crippen molar-refractivity contribution < 1.29 is 18.7 Å². The first-order valence-electron chi connectivity index (χ1n) is 4.17. The zero-order chi connectivity index (χ0) is 12.1. The first-order chi connectivity index (χ1) is 6.75. The fourth-order valence-corrected chi connectivity index (χ4v) is 2.46. The molecule has 0 heterocycles. The largest absolute Gasteiger partial charge is 0.407 e. The summed E-state index contributed by atoms with van der Waals surface area (Å²) in [5.74, 6) is 0. The van der Waals surface area contributed by atoms with Crippen molar-refractivity contribution in [3.8, 4) is 0 Å². The van der Waals surface area contributed by atoms with E-state index >= 15 is 0 Å². The van der Waals surface area contributed by atoms with Gasteiger partial charge >= 0.3 is 7.75 Å². The quantitative estimate of drug-likeness (QED) is 0.448. The molecule has 15 heavy (non-hydrogen) atoms. The molecule has 1 atom stereocenters. The van der Waals surface area contributed by atoms with Gasteiger partial charge in [-0.05, 0) is 13.8 Å². The highest BCUT2D eigenvalue weighted by Crippen LogP contribution is 2.46. The monoisotopic (exact) mass is 299 g/mol. The SMILES string of the molecule is CCOP(=O)(NC(O)C(Cl)(Cl)Cl)OCC. The summed E-state index contributed by atoms with van der Waals surface area (Å²) in [6, 6.07) is 0. The molecule has 0 radical (unpaired) electrons. The summed E-state index contributed by atoms with van der Waals surface area (Å²) in [6.45, 7) is 3.51.